The Morgan fingerprint density at radius 3 is 2.36 bits per heavy atom. The Morgan fingerprint density at radius 1 is 1.27 bits per heavy atom. The van der Waals surface area contributed by atoms with Crippen molar-refractivity contribution >= 4 is 6.09 Å². The summed E-state index contributed by atoms with van der Waals surface area (Å²) in [5.74, 6) is 0. The van der Waals surface area contributed by atoms with Crippen LogP contribution in [0.5, 0.6) is 0 Å². The smallest absolute Gasteiger partial charge is 0.410 e. The van der Waals surface area contributed by atoms with Gasteiger partial charge in [-0.05, 0) is 40.5 Å². The quantitative estimate of drug-likeness (QED) is 0.851. The van der Waals surface area contributed by atoms with Crippen molar-refractivity contribution in [3.05, 3.63) is 0 Å². The van der Waals surface area contributed by atoms with Gasteiger partial charge in [-0.15, -0.1) is 0 Å². The zero-order valence-corrected chi connectivity index (χ0v) is 14.3. The summed E-state index contributed by atoms with van der Waals surface area (Å²) >= 11 is 0. The fourth-order valence-corrected chi connectivity index (χ4v) is 3.00. The molecule has 0 atom stereocenters. The first-order valence-electron chi connectivity index (χ1n) is 8.25. The first-order chi connectivity index (χ1) is 10.2. The molecule has 0 unspecified atom stereocenters. The van der Waals surface area contributed by atoms with Crippen molar-refractivity contribution in [2.75, 3.05) is 39.3 Å². The summed E-state index contributed by atoms with van der Waals surface area (Å²) in [4.78, 5) is 15.9. The van der Waals surface area contributed by atoms with E-state index in [0.29, 0.717) is 38.6 Å². The predicted octanol–water partition coefficient (Wildman–Crippen LogP) is 1.47. The van der Waals surface area contributed by atoms with E-state index < -0.39 is 11.2 Å². The Bertz CT molecular complexity index is 380. The van der Waals surface area contributed by atoms with Crippen molar-refractivity contribution < 1.29 is 19.4 Å². The Morgan fingerprint density at radius 2 is 1.86 bits per heavy atom. The molecule has 2 aliphatic heterocycles. The first-order valence-corrected chi connectivity index (χ1v) is 8.25. The average Bonchev–Trinajstić information content (AvgIpc) is 2.35. The van der Waals surface area contributed by atoms with Gasteiger partial charge in [0.25, 0.3) is 0 Å². The average molecular weight is 314 g/mol. The molecule has 0 spiro atoms. The standard InChI is InChI=1S/C16H30N2O4/c1-5-21-13-10-17(11-13)12-16(20)6-8-18(9-7-16)14(19)22-15(2,3)4/h13,20H,5-12H2,1-4H3. The molecule has 22 heavy (non-hydrogen) atoms. The lowest BCUT2D eigenvalue weighted by Crippen LogP contribution is -2.59. The Balaban J connectivity index is 1.73. The summed E-state index contributed by atoms with van der Waals surface area (Å²) in [7, 11) is 0. The molecule has 0 bridgehead atoms. The Labute approximate surface area is 133 Å². The van der Waals surface area contributed by atoms with Gasteiger partial charge in [0, 0.05) is 39.3 Å². The van der Waals surface area contributed by atoms with Crippen LogP contribution in [0.2, 0.25) is 0 Å². The highest BCUT2D eigenvalue weighted by molar-refractivity contribution is 5.68. The second kappa shape index (κ2) is 6.72. The number of hydrogen-bond acceptors (Lipinski definition) is 5. The molecule has 0 saturated carbocycles. The van der Waals surface area contributed by atoms with Crippen LogP contribution in [0, 0.1) is 0 Å². The van der Waals surface area contributed by atoms with Crippen molar-refractivity contribution in [1.29, 1.82) is 0 Å². The molecular weight excluding hydrogens is 284 g/mol. The van der Waals surface area contributed by atoms with Crippen LogP contribution in [0.4, 0.5) is 4.79 Å². The summed E-state index contributed by atoms with van der Waals surface area (Å²) in [5, 5.41) is 10.7. The maximum Gasteiger partial charge on any atom is 0.410 e. The third kappa shape index (κ3) is 4.83. The van der Waals surface area contributed by atoms with Crippen LogP contribution in [0.3, 0.4) is 0 Å². The van der Waals surface area contributed by atoms with E-state index in [1.165, 1.54) is 0 Å². The second-order valence-electron chi connectivity index (χ2n) is 7.46. The number of ether oxygens (including phenoxy) is 2. The summed E-state index contributed by atoms with van der Waals surface area (Å²) < 4.78 is 10.9. The number of rotatable bonds is 4. The van der Waals surface area contributed by atoms with E-state index in [4.69, 9.17) is 9.47 Å². The summed E-state index contributed by atoms with van der Waals surface area (Å²) in [6.07, 6.45) is 1.23. The van der Waals surface area contributed by atoms with Gasteiger partial charge in [-0.25, -0.2) is 4.79 Å². The highest BCUT2D eigenvalue weighted by atomic mass is 16.6. The maximum atomic E-state index is 12.0. The largest absolute Gasteiger partial charge is 0.444 e. The van der Waals surface area contributed by atoms with E-state index in [1.807, 2.05) is 27.7 Å². The minimum absolute atomic E-state index is 0.282. The third-order valence-corrected chi connectivity index (χ3v) is 4.19. The molecule has 2 rings (SSSR count). The maximum absolute atomic E-state index is 12.0. The minimum Gasteiger partial charge on any atom is -0.444 e. The molecule has 0 aliphatic carbocycles. The number of piperidine rings is 1. The van der Waals surface area contributed by atoms with Crippen LogP contribution in [0.1, 0.15) is 40.5 Å². The van der Waals surface area contributed by atoms with Crippen LogP contribution < -0.4 is 0 Å². The zero-order chi connectivity index (χ0) is 16.4. The highest BCUT2D eigenvalue weighted by Crippen LogP contribution is 2.26. The van der Waals surface area contributed by atoms with Crippen LogP contribution in [0.15, 0.2) is 0 Å². The first kappa shape index (κ1) is 17.5. The van der Waals surface area contributed by atoms with Gasteiger partial charge in [0.05, 0.1) is 11.7 Å². The number of carbonyl (C=O) groups is 1. The molecule has 1 amide bonds. The van der Waals surface area contributed by atoms with E-state index in [0.717, 1.165) is 19.7 Å². The molecule has 2 saturated heterocycles. The fraction of sp³-hybridized carbons (Fsp3) is 0.938. The van der Waals surface area contributed by atoms with E-state index in [-0.39, 0.29) is 6.09 Å². The molecule has 2 fully saturated rings. The van der Waals surface area contributed by atoms with Gasteiger partial charge in [0.15, 0.2) is 0 Å². The normalized spacial score (nSPS) is 23.2. The van der Waals surface area contributed by atoms with Gasteiger partial charge >= 0.3 is 6.09 Å². The van der Waals surface area contributed by atoms with Gasteiger partial charge in [-0.1, -0.05) is 0 Å². The lowest BCUT2D eigenvalue weighted by molar-refractivity contribution is -0.101. The van der Waals surface area contributed by atoms with Gasteiger partial charge in [0.1, 0.15) is 5.60 Å². The Kier molecular flexibility index (Phi) is 5.35. The molecule has 2 heterocycles. The lowest BCUT2D eigenvalue weighted by atomic mass is 9.90. The molecule has 6 heteroatoms. The van der Waals surface area contributed by atoms with E-state index in [1.54, 1.807) is 4.90 Å². The molecule has 6 nitrogen and oxygen atoms in total. The van der Waals surface area contributed by atoms with Crippen molar-refractivity contribution in [3.8, 4) is 0 Å². The summed E-state index contributed by atoms with van der Waals surface area (Å²) in [6, 6.07) is 0. The van der Waals surface area contributed by atoms with Gasteiger partial charge in [0.2, 0.25) is 0 Å². The molecule has 1 N–H and O–H groups in total. The van der Waals surface area contributed by atoms with Crippen LogP contribution in [0.25, 0.3) is 0 Å². The molecule has 128 valence electrons. The van der Waals surface area contributed by atoms with Crippen molar-refractivity contribution in [2.24, 2.45) is 0 Å². The van der Waals surface area contributed by atoms with Crippen LogP contribution in [-0.2, 0) is 9.47 Å². The monoisotopic (exact) mass is 314 g/mol. The number of aliphatic hydroxyl groups is 1. The summed E-state index contributed by atoms with van der Waals surface area (Å²) in [6.45, 7) is 11.9. The second-order valence-corrected chi connectivity index (χ2v) is 7.46. The lowest BCUT2D eigenvalue weighted by Gasteiger charge is -2.46. The molecule has 0 radical (unpaired) electrons. The van der Waals surface area contributed by atoms with Gasteiger partial charge < -0.3 is 19.5 Å². The van der Waals surface area contributed by atoms with Gasteiger partial charge in [-0.3, -0.25) is 4.90 Å². The van der Waals surface area contributed by atoms with E-state index in [9.17, 15) is 9.90 Å². The SMILES string of the molecule is CCOC1CN(CC2(O)CCN(C(=O)OC(C)(C)C)CC2)C1. The number of β-amino-alcohol motifs (C(OH)–C–C–N with tert-alkyl or cyclic N) is 1. The van der Waals surface area contributed by atoms with E-state index in [2.05, 4.69) is 4.90 Å². The Hall–Kier alpha value is -0.850. The fourth-order valence-electron chi connectivity index (χ4n) is 3.00. The minimum atomic E-state index is -0.699. The van der Waals surface area contributed by atoms with E-state index >= 15 is 0 Å². The van der Waals surface area contributed by atoms with Crippen molar-refractivity contribution in [3.63, 3.8) is 0 Å². The molecule has 0 aromatic heterocycles. The number of amides is 1. The zero-order valence-electron chi connectivity index (χ0n) is 14.3. The topological polar surface area (TPSA) is 62.2 Å². The van der Waals surface area contributed by atoms with Crippen molar-refractivity contribution in [1.82, 2.24) is 9.80 Å². The number of likely N-dealkylation sites (tertiary alicyclic amines) is 2. The molecule has 0 aromatic carbocycles. The van der Waals surface area contributed by atoms with Gasteiger partial charge in [-0.2, -0.15) is 0 Å². The number of nitrogens with zero attached hydrogens (tertiary/aromatic N) is 2. The predicted molar refractivity (Wildman–Crippen MR) is 83.8 cm³/mol. The van der Waals surface area contributed by atoms with Crippen LogP contribution in [-0.4, -0.2) is 77.6 Å². The van der Waals surface area contributed by atoms with Crippen molar-refractivity contribution in [2.45, 2.75) is 57.8 Å². The molecular formula is C16H30N2O4. The number of hydrogen-bond donors (Lipinski definition) is 1. The third-order valence-electron chi connectivity index (χ3n) is 4.19. The number of carbonyl (C=O) groups excluding carboxylic acids is 1. The molecule has 0 aromatic rings. The molecule has 2 aliphatic rings. The summed E-state index contributed by atoms with van der Waals surface area (Å²) in [5.41, 5.74) is -1.17. The highest BCUT2D eigenvalue weighted by Gasteiger charge is 2.39. The van der Waals surface area contributed by atoms with Crippen LogP contribution >= 0.6 is 0 Å².